The number of hydrogen-bond acceptors (Lipinski definition) is 5. The third-order valence-corrected chi connectivity index (χ3v) is 5.65. The number of aromatic nitrogens is 4. The maximum atomic E-state index is 13.1. The zero-order valence-electron chi connectivity index (χ0n) is 15.5. The van der Waals surface area contributed by atoms with Crippen molar-refractivity contribution in [3.05, 3.63) is 86.5 Å². The Hall–Kier alpha value is -3.00. The van der Waals surface area contributed by atoms with E-state index in [1.165, 1.54) is 16.0 Å². The van der Waals surface area contributed by atoms with Gasteiger partial charge >= 0.3 is 0 Å². The second-order valence-corrected chi connectivity index (χ2v) is 8.07. The Morgan fingerprint density at radius 2 is 1.93 bits per heavy atom. The second kappa shape index (κ2) is 9.21. The molecule has 0 saturated heterocycles. The number of nitrogens with zero attached hydrogens (tertiary/aromatic N) is 4. The standard InChI is InChI=1S/C21H15Cl2N5OS/c22-16-9-8-15(18(23)11-16)13-24-21(29)19(12-17-7-4-10-30-17)28-20(25-26-27-28)14-5-2-1-3-6-14/h1-12H,13H2,(H,24,29)/b19-12-. The molecule has 0 bridgehead atoms. The van der Waals surface area contributed by atoms with E-state index in [2.05, 4.69) is 20.8 Å². The fourth-order valence-corrected chi connectivity index (χ4v) is 3.91. The molecule has 0 aliphatic heterocycles. The van der Waals surface area contributed by atoms with Gasteiger partial charge in [-0.3, -0.25) is 4.79 Å². The summed E-state index contributed by atoms with van der Waals surface area (Å²) < 4.78 is 1.44. The third kappa shape index (κ3) is 4.59. The number of nitrogens with one attached hydrogen (secondary N) is 1. The van der Waals surface area contributed by atoms with Gasteiger partial charge in [-0.2, -0.15) is 4.68 Å². The van der Waals surface area contributed by atoms with E-state index >= 15 is 0 Å². The van der Waals surface area contributed by atoms with E-state index < -0.39 is 0 Å². The van der Waals surface area contributed by atoms with Crippen molar-refractivity contribution in [1.82, 2.24) is 25.5 Å². The molecule has 0 aliphatic rings. The summed E-state index contributed by atoms with van der Waals surface area (Å²) in [5.74, 6) is 0.136. The van der Waals surface area contributed by atoms with Crippen LogP contribution < -0.4 is 5.32 Å². The summed E-state index contributed by atoms with van der Waals surface area (Å²) in [5.41, 5.74) is 1.85. The van der Waals surface area contributed by atoms with Crippen LogP contribution in [-0.4, -0.2) is 26.1 Å². The Bertz CT molecular complexity index is 1190. The minimum absolute atomic E-state index is 0.236. The molecule has 6 nitrogen and oxygen atoms in total. The van der Waals surface area contributed by atoms with Crippen LogP contribution in [-0.2, 0) is 11.3 Å². The van der Waals surface area contributed by atoms with Gasteiger partial charge in [0.25, 0.3) is 5.91 Å². The van der Waals surface area contributed by atoms with Crippen LogP contribution in [0.2, 0.25) is 10.0 Å². The first-order chi connectivity index (χ1) is 14.6. The molecule has 150 valence electrons. The van der Waals surface area contributed by atoms with Crippen LogP contribution >= 0.6 is 34.5 Å². The maximum Gasteiger partial charge on any atom is 0.270 e. The van der Waals surface area contributed by atoms with Gasteiger partial charge in [-0.1, -0.05) is 65.7 Å². The number of benzene rings is 2. The predicted octanol–water partition coefficient (Wildman–Crippen LogP) is 5.02. The lowest BCUT2D eigenvalue weighted by molar-refractivity contribution is -0.116. The van der Waals surface area contributed by atoms with Crippen molar-refractivity contribution in [2.45, 2.75) is 6.54 Å². The van der Waals surface area contributed by atoms with Gasteiger partial charge in [-0.05, 0) is 45.6 Å². The summed E-state index contributed by atoms with van der Waals surface area (Å²) in [7, 11) is 0. The molecular formula is C21H15Cl2N5OS. The zero-order chi connectivity index (χ0) is 20.9. The van der Waals surface area contributed by atoms with E-state index in [1.807, 2.05) is 47.8 Å². The van der Waals surface area contributed by atoms with Gasteiger partial charge < -0.3 is 5.32 Å². The highest BCUT2D eigenvalue weighted by molar-refractivity contribution is 7.10. The Morgan fingerprint density at radius 3 is 2.67 bits per heavy atom. The van der Waals surface area contributed by atoms with Crippen molar-refractivity contribution in [3.63, 3.8) is 0 Å². The van der Waals surface area contributed by atoms with Gasteiger partial charge in [0.15, 0.2) is 5.82 Å². The maximum absolute atomic E-state index is 13.1. The molecule has 0 radical (unpaired) electrons. The number of thiophene rings is 1. The first-order valence-electron chi connectivity index (χ1n) is 8.93. The quantitative estimate of drug-likeness (QED) is 0.414. The molecule has 30 heavy (non-hydrogen) atoms. The monoisotopic (exact) mass is 455 g/mol. The summed E-state index contributed by atoms with van der Waals surface area (Å²) in [6.07, 6.45) is 1.76. The number of carbonyl (C=O) groups is 1. The van der Waals surface area contributed by atoms with Crippen LogP contribution in [0.25, 0.3) is 23.2 Å². The SMILES string of the molecule is O=C(NCc1ccc(Cl)cc1Cl)/C(=C/c1cccs1)n1nnnc1-c1ccccc1. The van der Waals surface area contributed by atoms with Crippen LogP contribution in [0.1, 0.15) is 10.4 Å². The molecule has 0 aliphatic carbocycles. The van der Waals surface area contributed by atoms with E-state index in [-0.39, 0.29) is 12.5 Å². The fraction of sp³-hybridized carbons (Fsp3) is 0.0476. The summed E-state index contributed by atoms with van der Waals surface area (Å²) in [6.45, 7) is 0.236. The molecule has 4 rings (SSSR count). The normalized spacial score (nSPS) is 11.5. The van der Waals surface area contributed by atoms with E-state index in [0.717, 1.165) is 16.0 Å². The highest BCUT2D eigenvalue weighted by Crippen LogP contribution is 2.23. The molecule has 2 aromatic carbocycles. The van der Waals surface area contributed by atoms with Crippen molar-refractivity contribution in [2.75, 3.05) is 0 Å². The smallest absolute Gasteiger partial charge is 0.270 e. The molecule has 0 atom stereocenters. The molecule has 0 unspecified atom stereocenters. The van der Waals surface area contributed by atoms with E-state index in [1.54, 1.807) is 24.3 Å². The van der Waals surface area contributed by atoms with Crippen LogP contribution in [0.15, 0.2) is 66.0 Å². The van der Waals surface area contributed by atoms with Gasteiger partial charge in [-0.25, -0.2) is 0 Å². The van der Waals surface area contributed by atoms with Gasteiger partial charge in [0.2, 0.25) is 0 Å². The molecule has 9 heteroatoms. The van der Waals surface area contributed by atoms with Gasteiger partial charge in [0.05, 0.1) is 0 Å². The number of tetrazole rings is 1. The van der Waals surface area contributed by atoms with E-state index in [4.69, 9.17) is 23.2 Å². The van der Waals surface area contributed by atoms with Crippen LogP contribution in [0.3, 0.4) is 0 Å². The summed E-state index contributed by atoms with van der Waals surface area (Å²) >= 11 is 13.7. The number of hydrogen-bond donors (Lipinski definition) is 1. The Kier molecular flexibility index (Phi) is 6.23. The van der Waals surface area contributed by atoms with Crippen LogP contribution in [0.4, 0.5) is 0 Å². The summed E-state index contributed by atoms with van der Waals surface area (Å²) in [6, 6.07) is 18.4. The molecule has 2 heterocycles. The molecule has 0 fully saturated rings. The van der Waals surface area contributed by atoms with E-state index in [9.17, 15) is 4.79 Å². The molecule has 0 spiro atoms. The molecule has 2 aromatic heterocycles. The largest absolute Gasteiger partial charge is 0.347 e. The van der Waals surface area contributed by atoms with Crippen molar-refractivity contribution in [2.24, 2.45) is 0 Å². The summed E-state index contributed by atoms with van der Waals surface area (Å²) in [4.78, 5) is 14.0. The lowest BCUT2D eigenvalue weighted by Crippen LogP contribution is -2.27. The minimum atomic E-state index is -0.334. The van der Waals surface area contributed by atoms with Crippen molar-refractivity contribution in [1.29, 1.82) is 0 Å². The predicted molar refractivity (Wildman–Crippen MR) is 120 cm³/mol. The Morgan fingerprint density at radius 1 is 1.10 bits per heavy atom. The second-order valence-electron chi connectivity index (χ2n) is 6.24. The third-order valence-electron chi connectivity index (χ3n) is 4.24. The van der Waals surface area contributed by atoms with Crippen molar-refractivity contribution in [3.8, 4) is 11.4 Å². The first kappa shape index (κ1) is 20.3. The number of rotatable bonds is 6. The Balaban J connectivity index is 1.66. The molecule has 0 saturated carbocycles. The average Bonchev–Trinajstić information content (AvgIpc) is 3.44. The fourth-order valence-electron chi connectivity index (χ4n) is 2.78. The number of carbonyl (C=O) groups excluding carboxylic acids is 1. The van der Waals surface area contributed by atoms with E-state index in [0.29, 0.717) is 21.6 Å². The van der Waals surface area contributed by atoms with Crippen molar-refractivity contribution >= 4 is 52.2 Å². The lowest BCUT2D eigenvalue weighted by atomic mass is 10.2. The molecule has 1 amide bonds. The molecular weight excluding hydrogens is 441 g/mol. The molecule has 4 aromatic rings. The number of halogens is 2. The summed E-state index contributed by atoms with van der Waals surface area (Å²) in [5, 5.41) is 17.8. The topological polar surface area (TPSA) is 72.7 Å². The average molecular weight is 456 g/mol. The van der Waals surface area contributed by atoms with Crippen LogP contribution in [0, 0.1) is 0 Å². The van der Waals surface area contributed by atoms with Gasteiger partial charge in [-0.15, -0.1) is 16.4 Å². The minimum Gasteiger partial charge on any atom is -0.347 e. The van der Waals surface area contributed by atoms with Crippen molar-refractivity contribution < 1.29 is 4.79 Å². The highest BCUT2D eigenvalue weighted by Gasteiger charge is 2.19. The zero-order valence-corrected chi connectivity index (χ0v) is 17.8. The molecule has 1 N–H and O–H groups in total. The first-order valence-corrected chi connectivity index (χ1v) is 10.6. The number of amides is 1. The lowest BCUT2D eigenvalue weighted by Gasteiger charge is -2.11. The van der Waals surface area contributed by atoms with Gasteiger partial charge in [0, 0.05) is 27.0 Å². The van der Waals surface area contributed by atoms with Crippen LogP contribution in [0.5, 0.6) is 0 Å². The Labute approximate surface area is 186 Å². The van der Waals surface area contributed by atoms with Gasteiger partial charge in [0.1, 0.15) is 5.70 Å². The highest BCUT2D eigenvalue weighted by atomic mass is 35.5.